The Hall–Kier alpha value is -0.147. The van der Waals surface area contributed by atoms with Crippen molar-refractivity contribution < 1.29 is 41.2 Å². The molecule has 1 heterocycles. The van der Waals surface area contributed by atoms with Crippen LogP contribution in [0.25, 0.3) is 0 Å². The van der Waals surface area contributed by atoms with Gasteiger partial charge in [-0.15, -0.1) is 0 Å². The molecule has 0 aromatic rings. The molecule has 4 nitrogen and oxygen atoms in total. The van der Waals surface area contributed by atoms with Crippen LogP contribution in [-0.2, 0) is 41.2 Å². The van der Waals surface area contributed by atoms with Crippen molar-refractivity contribution in [1.29, 1.82) is 0 Å². The molecular formula is C7H7N3OVW. The number of allylic oxidation sites excluding steroid dienone is 2. The molecule has 6 heteroatoms. The molecule has 0 unspecified atom stereocenters. The van der Waals surface area contributed by atoms with Crippen LogP contribution in [0.1, 0.15) is 6.92 Å². The van der Waals surface area contributed by atoms with Gasteiger partial charge < -0.3 is 0 Å². The van der Waals surface area contributed by atoms with E-state index in [0.29, 0.717) is 0 Å². The van der Waals surface area contributed by atoms with Crippen LogP contribution in [0.4, 0.5) is 0 Å². The Labute approximate surface area is 96.2 Å². The third-order valence-corrected chi connectivity index (χ3v) is 2.31. The molecule has 0 bridgehead atoms. The Morgan fingerprint density at radius 1 is 1.77 bits per heavy atom. The van der Waals surface area contributed by atoms with Gasteiger partial charge in [0, 0.05) is 0 Å². The Kier molecular flexibility index (Phi) is 4.13. The summed E-state index contributed by atoms with van der Waals surface area (Å²) >= 11 is 3.55. The Bertz CT molecular complexity index is 324. The Balaban J connectivity index is 2.81. The molecule has 0 fully saturated rings. The molecule has 0 saturated carbocycles. The van der Waals surface area contributed by atoms with E-state index < -0.39 is 0 Å². The van der Waals surface area contributed by atoms with E-state index in [4.69, 9.17) is 4.84 Å². The molecule has 0 spiro atoms. The summed E-state index contributed by atoms with van der Waals surface area (Å²) < 4.78 is 1.65. The summed E-state index contributed by atoms with van der Waals surface area (Å²) in [7, 11) is 0. The van der Waals surface area contributed by atoms with Crippen LogP contribution in [0, 0.1) is 0 Å². The van der Waals surface area contributed by atoms with E-state index in [1.807, 2.05) is 13.0 Å². The quantitative estimate of drug-likeness (QED) is 0.730. The Morgan fingerprint density at radius 2 is 2.46 bits per heavy atom. The molecule has 0 atom stereocenters. The van der Waals surface area contributed by atoms with E-state index in [1.54, 1.807) is 6.08 Å². The molecule has 67 valence electrons. The van der Waals surface area contributed by atoms with E-state index in [9.17, 15) is 0 Å². The number of rotatable bonds is 3. The summed E-state index contributed by atoms with van der Waals surface area (Å²) in [4.78, 5) is 5.28. The monoisotopic (exact) mass is 384 g/mol. The second-order valence-corrected chi connectivity index (χ2v) is 4.54. The molecule has 0 N–H and O–H groups in total. The van der Waals surface area contributed by atoms with Crippen molar-refractivity contribution in [2.75, 3.05) is 0 Å². The first kappa shape index (κ1) is 10.9. The second-order valence-electron chi connectivity index (χ2n) is 2.17. The number of hydrogen-bond donors (Lipinski definition) is 0. The minimum absolute atomic E-state index is 0.756. The standard InChI is InChI=1S/C7H7N3O.V.W/c1-3-5-7-6-8-9-10(7)11-4-2;;/h3,5H,1H2,2H3;;/b7-5+;;. The van der Waals surface area contributed by atoms with Gasteiger partial charge in [0.05, 0.1) is 0 Å². The van der Waals surface area contributed by atoms with Crippen LogP contribution in [0.2, 0.25) is 0 Å². The van der Waals surface area contributed by atoms with Gasteiger partial charge in [-0.2, -0.15) is 0 Å². The first-order chi connectivity index (χ1) is 6.15. The summed E-state index contributed by atoms with van der Waals surface area (Å²) in [5, 5.41) is 9.13. The maximum atomic E-state index is 5.28. The normalized spacial score (nSPS) is 18.3. The van der Waals surface area contributed by atoms with E-state index >= 15 is 0 Å². The average Bonchev–Trinajstić information content (AvgIpc) is 2.35. The van der Waals surface area contributed by atoms with Gasteiger partial charge in [0.1, 0.15) is 0 Å². The molecule has 0 aromatic carbocycles. The summed E-state index contributed by atoms with van der Waals surface area (Å²) in [6.07, 6.45) is 3.50. The molecule has 1 rings (SSSR count). The van der Waals surface area contributed by atoms with Gasteiger partial charge in [-0.3, -0.25) is 0 Å². The predicted molar refractivity (Wildman–Crippen MR) is 41.7 cm³/mol. The van der Waals surface area contributed by atoms with Gasteiger partial charge in [-0.1, -0.05) is 0 Å². The van der Waals surface area contributed by atoms with Gasteiger partial charge in [0.15, 0.2) is 0 Å². The fourth-order valence-electron chi connectivity index (χ4n) is 0.702. The second kappa shape index (κ2) is 4.92. The topological polar surface area (TPSA) is 37.2 Å². The molecule has 1 aliphatic heterocycles. The summed E-state index contributed by atoms with van der Waals surface area (Å²) in [5.74, 6) is 0. The van der Waals surface area contributed by atoms with Crippen LogP contribution in [0.3, 0.4) is 0 Å². The molecule has 13 heavy (non-hydrogen) atoms. The van der Waals surface area contributed by atoms with Crippen molar-refractivity contribution in [2.24, 2.45) is 10.3 Å². The zero-order valence-electron chi connectivity index (χ0n) is 6.97. The molecule has 0 amide bonds. The van der Waals surface area contributed by atoms with Crippen molar-refractivity contribution in [3.63, 3.8) is 0 Å². The van der Waals surface area contributed by atoms with Gasteiger partial charge in [-0.05, 0) is 0 Å². The number of hydroxylamine groups is 1. The fourth-order valence-corrected chi connectivity index (χ4v) is 1.48. The SMILES string of the molecule is C=C/C=C1\[C](=[W])N=NN1O[C](C)=[V]. The van der Waals surface area contributed by atoms with Gasteiger partial charge >= 0.3 is 96.5 Å². The van der Waals surface area contributed by atoms with Crippen LogP contribution >= 0.6 is 0 Å². The van der Waals surface area contributed by atoms with Gasteiger partial charge in [0.25, 0.3) is 0 Å². The number of nitrogens with zero attached hydrogens (tertiary/aromatic N) is 3. The molecule has 0 saturated heterocycles. The van der Waals surface area contributed by atoms with E-state index in [-0.39, 0.29) is 0 Å². The molecule has 0 aliphatic carbocycles. The van der Waals surface area contributed by atoms with Crippen molar-refractivity contribution in [2.45, 2.75) is 6.92 Å². The van der Waals surface area contributed by atoms with E-state index in [0.717, 1.165) is 14.1 Å². The zero-order chi connectivity index (χ0) is 9.84. The third-order valence-electron chi connectivity index (χ3n) is 1.14. The fraction of sp³-hybridized carbons (Fsp3) is 0.143. The van der Waals surface area contributed by atoms with Crippen LogP contribution < -0.4 is 0 Å². The molecule has 0 aromatic heterocycles. The van der Waals surface area contributed by atoms with Crippen LogP contribution in [-0.4, -0.2) is 13.6 Å². The summed E-state index contributed by atoms with van der Waals surface area (Å²) in [6, 6.07) is 0. The van der Waals surface area contributed by atoms with Crippen molar-refractivity contribution in [3.8, 4) is 0 Å². The third kappa shape index (κ3) is 2.92. The number of hydrogen-bond acceptors (Lipinski definition) is 4. The van der Waals surface area contributed by atoms with Gasteiger partial charge in [-0.25, -0.2) is 0 Å². The minimum atomic E-state index is 0.756. The van der Waals surface area contributed by atoms with Crippen LogP contribution in [0.5, 0.6) is 0 Å². The predicted octanol–water partition coefficient (Wildman–Crippen LogP) is 1.04. The van der Waals surface area contributed by atoms with E-state index in [1.165, 1.54) is 24.5 Å². The average molecular weight is 384 g/mol. The molecule has 1 aliphatic rings. The zero-order valence-corrected chi connectivity index (χ0v) is 11.3. The van der Waals surface area contributed by atoms with Crippen LogP contribution in [0.15, 0.2) is 34.8 Å². The summed E-state index contributed by atoms with van der Waals surface area (Å²) in [6.45, 7) is 5.45. The first-order valence-electron chi connectivity index (χ1n) is 3.44. The van der Waals surface area contributed by atoms with Crippen molar-refractivity contribution >= 4 is 8.43 Å². The Morgan fingerprint density at radius 3 is 3.00 bits per heavy atom. The first-order valence-corrected chi connectivity index (χ1v) is 5.61. The maximum absolute atomic E-state index is 5.28. The summed E-state index contributed by atoms with van der Waals surface area (Å²) in [5.41, 5.74) is 0.843. The van der Waals surface area contributed by atoms with Crippen molar-refractivity contribution in [1.82, 2.24) is 5.17 Å². The van der Waals surface area contributed by atoms with Crippen molar-refractivity contribution in [3.05, 3.63) is 24.4 Å². The van der Waals surface area contributed by atoms with Gasteiger partial charge in [0.2, 0.25) is 0 Å². The van der Waals surface area contributed by atoms with E-state index in [2.05, 4.69) is 33.9 Å². The molecular weight excluding hydrogens is 377 g/mol. The molecule has 0 radical (unpaired) electrons.